The van der Waals surface area contributed by atoms with Crippen molar-refractivity contribution in [1.82, 2.24) is 4.98 Å². The van der Waals surface area contributed by atoms with Crippen molar-refractivity contribution in [1.29, 1.82) is 0 Å². The molecule has 1 aromatic carbocycles. The summed E-state index contributed by atoms with van der Waals surface area (Å²) in [6.45, 7) is 2.10. The van der Waals surface area contributed by atoms with Crippen LogP contribution in [0.25, 0.3) is 21.1 Å². The summed E-state index contributed by atoms with van der Waals surface area (Å²) in [5.41, 5.74) is 2.36. The first-order valence-electron chi connectivity index (χ1n) is 4.57. The lowest BCUT2D eigenvalue weighted by molar-refractivity contribution is 1.46. The van der Waals surface area contributed by atoms with E-state index in [9.17, 15) is 0 Å². The Morgan fingerprint density at radius 3 is 2.93 bits per heavy atom. The van der Waals surface area contributed by atoms with Crippen LogP contribution in [-0.4, -0.2) is 4.98 Å². The molecule has 0 aliphatic heterocycles. The van der Waals surface area contributed by atoms with Crippen molar-refractivity contribution in [3.05, 3.63) is 41.3 Å². The van der Waals surface area contributed by atoms with Gasteiger partial charge in [0.1, 0.15) is 4.83 Å². The van der Waals surface area contributed by atoms with E-state index in [4.69, 9.17) is 0 Å². The predicted molar refractivity (Wildman–Crippen MR) is 61.9 cm³/mol. The highest BCUT2D eigenvalue weighted by atomic mass is 32.1. The molecule has 0 saturated heterocycles. The monoisotopic (exact) mass is 199 g/mol. The van der Waals surface area contributed by atoms with E-state index in [-0.39, 0.29) is 0 Å². The van der Waals surface area contributed by atoms with E-state index < -0.39 is 0 Å². The standard InChI is InChI=1S/C12H9NS/c1-8-2-3-9-7-10-4-5-14-12(10)13-11(9)6-8/h2-7H,1H3. The summed E-state index contributed by atoms with van der Waals surface area (Å²) >= 11 is 1.70. The van der Waals surface area contributed by atoms with Gasteiger partial charge in [-0.15, -0.1) is 11.3 Å². The topological polar surface area (TPSA) is 12.9 Å². The Hall–Kier alpha value is -1.41. The zero-order chi connectivity index (χ0) is 9.54. The van der Waals surface area contributed by atoms with Crippen LogP contribution in [0, 0.1) is 6.92 Å². The molecule has 0 aliphatic rings. The highest BCUT2D eigenvalue weighted by Gasteiger charge is 2.00. The quantitative estimate of drug-likeness (QED) is 0.537. The number of hydrogen-bond donors (Lipinski definition) is 0. The Bertz CT molecular complexity index is 610. The van der Waals surface area contributed by atoms with Gasteiger partial charge >= 0.3 is 0 Å². The Labute approximate surface area is 86.0 Å². The van der Waals surface area contributed by atoms with Gasteiger partial charge < -0.3 is 0 Å². The molecule has 2 heteroatoms. The number of rotatable bonds is 0. The molecular formula is C12H9NS. The van der Waals surface area contributed by atoms with Crippen LogP contribution >= 0.6 is 11.3 Å². The van der Waals surface area contributed by atoms with Crippen LogP contribution in [-0.2, 0) is 0 Å². The summed E-state index contributed by atoms with van der Waals surface area (Å²) < 4.78 is 0. The second kappa shape index (κ2) is 2.79. The van der Waals surface area contributed by atoms with Crippen LogP contribution in [0.15, 0.2) is 35.7 Å². The number of pyridine rings is 1. The van der Waals surface area contributed by atoms with Gasteiger partial charge in [-0.2, -0.15) is 0 Å². The van der Waals surface area contributed by atoms with Gasteiger partial charge in [0.25, 0.3) is 0 Å². The van der Waals surface area contributed by atoms with E-state index in [0.29, 0.717) is 0 Å². The van der Waals surface area contributed by atoms with Crippen LogP contribution in [0.5, 0.6) is 0 Å². The fourth-order valence-electron chi connectivity index (χ4n) is 1.66. The SMILES string of the molecule is Cc1ccc2cc3ccsc3nc2c1. The van der Waals surface area contributed by atoms with Crippen molar-refractivity contribution in [2.45, 2.75) is 6.92 Å². The van der Waals surface area contributed by atoms with Gasteiger partial charge in [-0.3, -0.25) is 0 Å². The van der Waals surface area contributed by atoms with Gasteiger partial charge in [0.05, 0.1) is 5.52 Å². The van der Waals surface area contributed by atoms with E-state index in [1.165, 1.54) is 16.3 Å². The van der Waals surface area contributed by atoms with Gasteiger partial charge in [-0.1, -0.05) is 12.1 Å². The van der Waals surface area contributed by atoms with Crippen molar-refractivity contribution in [3.63, 3.8) is 0 Å². The van der Waals surface area contributed by atoms with Gasteiger partial charge in [-0.05, 0) is 36.1 Å². The normalized spacial score (nSPS) is 11.2. The largest absolute Gasteiger partial charge is 0.237 e. The Balaban J connectivity index is 2.50. The molecule has 3 rings (SSSR count). The molecule has 0 radical (unpaired) electrons. The third-order valence-corrected chi connectivity index (χ3v) is 3.22. The van der Waals surface area contributed by atoms with E-state index in [1.807, 2.05) is 0 Å². The van der Waals surface area contributed by atoms with E-state index in [1.54, 1.807) is 11.3 Å². The number of hydrogen-bond acceptors (Lipinski definition) is 2. The number of thiophene rings is 1. The lowest BCUT2D eigenvalue weighted by Crippen LogP contribution is -1.79. The molecular weight excluding hydrogens is 190 g/mol. The fraction of sp³-hybridized carbons (Fsp3) is 0.0833. The lowest BCUT2D eigenvalue weighted by Gasteiger charge is -1.98. The number of nitrogens with zero attached hydrogens (tertiary/aromatic N) is 1. The molecule has 0 aliphatic carbocycles. The third-order valence-electron chi connectivity index (χ3n) is 2.39. The zero-order valence-electron chi connectivity index (χ0n) is 7.82. The van der Waals surface area contributed by atoms with Gasteiger partial charge in [0.15, 0.2) is 0 Å². The van der Waals surface area contributed by atoms with Crippen LogP contribution in [0.1, 0.15) is 5.56 Å². The number of aryl methyl sites for hydroxylation is 1. The first-order valence-corrected chi connectivity index (χ1v) is 5.45. The summed E-state index contributed by atoms with van der Waals surface area (Å²) in [4.78, 5) is 5.74. The molecule has 0 N–H and O–H groups in total. The summed E-state index contributed by atoms with van der Waals surface area (Å²) in [6.07, 6.45) is 0. The maximum absolute atomic E-state index is 4.62. The van der Waals surface area contributed by atoms with E-state index >= 15 is 0 Å². The van der Waals surface area contributed by atoms with Crippen LogP contribution in [0.2, 0.25) is 0 Å². The summed E-state index contributed by atoms with van der Waals surface area (Å²) in [5, 5.41) is 4.55. The molecule has 0 bridgehead atoms. The van der Waals surface area contributed by atoms with Crippen molar-refractivity contribution in [3.8, 4) is 0 Å². The molecule has 0 fully saturated rings. The average Bonchev–Trinajstić information content (AvgIpc) is 2.61. The van der Waals surface area contributed by atoms with Crippen molar-refractivity contribution in [2.24, 2.45) is 0 Å². The van der Waals surface area contributed by atoms with Gasteiger partial charge in [0.2, 0.25) is 0 Å². The molecule has 3 aromatic rings. The smallest absolute Gasteiger partial charge is 0.123 e. The number of aromatic nitrogens is 1. The fourth-order valence-corrected chi connectivity index (χ4v) is 2.42. The summed E-state index contributed by atoms with van der Waals surface area (Å²) in [7, 11) is 0. The second-order valence-corrected chi connectivity index (χ2v) is 4.39. The highest BCUT2D eigenvalue weighted by molar-refractivity contribution is 7.16. The van der Waals surface area contributed by atoms with Gasteiger partial charge in [-0.25, -0.2) is 4.98 Å². The molecule has 1 nitrogen and oxygen atoms in total. The zero-order valence-corrected chi connectivity index (χ0v) is 8.64. The molecule has 0 saturated carbocycles. The average molecular weight is 199 g/mol. The third kappa shape index (κ3) is 1.11. The van der Waals surface area contributed by atoms with Crippen LogP contribution in [0.4, 0.5) is 0 Å². The predicted octanol–water partition coefficient (Wildman–Crippen LogP) is 3.76. The second-order valence-electron chi connectivity index (χ2n) is 3.50. The molecule has 68 valence electrons. The van der Waals surface area contributed by atoms with Crippen molar-refractivity contribution in [2.75, 3.05) is 0 Å². The van der Waals surface area contributed by atoms with Crippen molar-refractivity contribution >= 4 is 32.5 Å². The Morgan fingerprint density at radius 1 is 1.07 bits per heavy atom. The summed E-state index contributed by atoms with van der Waals surface area (Å²) in [5.74, 6) is 0. The Morgan fingerprint density at radius 2 is 2.00 bits per heavy atom. The number of fused-ring (bicyclic) bond motifs is 2. The van der Waals surface area contributed by atoms with Gasteiger partial charge in [0, 0.05) is 10.8 Å². The molecule has 14 heavy (non-hydrogen) atoms. The highest BCUT2D eigenvalue weighted by Crippen LogP contribution is 2.23. The maximum Gasteiger partial charge on any atom is 0.123 e. The maximum atomic E-state index is 4.62. The minimum absolute atomic E-state index is 1.10. The molecule has 0 atom stereocenters. The molecule has 2 heterocycles. The Kier molecular flexibility index (Phi) is 1.58. The van der Waals surface area contributed by atoms with Crippen LogP contribution in [0.3, 0.4) is 0 Å². The minimum atomic E-state index is 1.10. The minimum Gasteiger partial charge on any atom is -0.237 e. The van der Waals surface area contributed by atoms with Crippen LogP contribution < -0.4 is 0 Å². The first kappa shape index (κ1) is 7.94. The summed E-state index contributed by atoms with van der Waals surface area (Å²) in [6, 6.07) is 10.7. The molecule has 0 unspecified atom stereocenters. The molecule has 0 spiro atoms. The van der Waals surface area contributed by atoms with E-state index in [2.05, 4.69) is 47.6 Å². The first-order chi connectivity index (χ1) is 6.83. The van der Waals surface area contributed by atoms with E-state index in [0.717, 1.165) is 10.3 Å². The van der Waals surface area contributed by atoms with Crippen molar-refractivity contribution < 1.29 is 0 Å². The molecule has 2 aromatic heterocycles. The lowest BCUT2D eigenvalue weighted by atomic mass is 10.1. The number of benzene rings is 1. The molecule has 0 amide bonds.